The van der Waals surface area contributed by atoms with Gasteiger partial charge in [0.15, 0.2) is 0 Å². The maximum absolute atomic E-state index is 7.46. The lowest BCUT2D eigenvalue weighted by Crippen LogP contribution is -2.27. The molecule has 0 radical (unpaired) electrons. The van der Waals surface area contributed by atoms with Crippen LogP contribution in [0.3, 0.4) is 0 Å². The van der Waals surface area contributed by atoms with Crippen molar-refractivity contribution in [2.75, 3.05) is 13.2 Å². The zero-order chi connectivity index (χ0) is 12.3. The van der Waals surface area contributed by atoms with Crippen molar-refractivity contribution >= 4 is 5.84 Å². The van der Waals surface area contributed by atoms with Crippen LogP contribution in [0.2, 0.25) is 0 Å². The van der Waals surface area contributed by atoms with Crippen LogP contribution in [-0.2, 0) is 4.74 Å². The highest BCUT2D eigenvalue weighted by Crippen LogP contribution is 2.19. The molecule has 0 unspecified atom stereocenters. The van der Waals surface area contributed by atoms with Crippen molar-refractivity contribution in [3.63, 3.8) is 0 Å². The van der Waals surface area contributed by atoms with E-state index in [0.29, 0.717) is 30.5 Å². The van der Waals surface area contributed by atoms with Gasteiger partial charge < -0.3 is 15.2 Å². The van der Waals surface area contributed by atoms with Crippen LogP contribution in [0, 0.1) is 12.3 Å². The number of ether oxygens (including phenoxy) is 2. The van der Waals surface area contributed by atoms with Crippen LogP contribution < -0.4 is 10.5 Å². The topological polar surface area (TPSA) is 94.1 Å². The Morgan fingerprint density at radius 1 is 1.53 bits per heavy atom. The Morgan fingerprint density at radius 3 is 2.88 bits per heavy atom. The van der Waals surface area contributed by atoms with Crippen LogP contribution in [0.25, 0.3) is 0 Å². The zero-order valence-corrected chi connectivity index (χ0v) is 9.77. The number of hydrogen-bond acceptors (Lipinski definition) is 5. The Balaban J connectivity index is 2.17. The van der Waals surface area contributed by atoms with E-state index in [0.717, 1.165) is 12.8 Å². The molecule has 0 bridgehead atoms. The van der Waals surface area contributed by atoms with Crippen LogP contribution in [0.15, 0.2) is 6.20 Å². The molecule has 1 fully saturated rings. The highest BCUT2D eigenvalue weighted by Gasteiger charge is 2.19. The maximum atomic E-state index is 7.46. The Bertz CT molecular complexity index is 416. The van der Waals surface area contributed by atoms with Gasteiger partial charge in [-0.1, -0.05) is 0 Å². The van der Waals surface area contributed by atoms with Crippen molar-refractivity contribution < 1.29 is 9.47 Å². The predicted molar refractivity (Wildman–Crippen MR) is 62.3 cm³/mol. The molecule has 0 spiro atoms. The molecule has 0 aromatic carbocycles. The van der Waals surface area contributed by atoms with Gasteiger partial charge in [-0.25, -0.2) is 4.98 Å². The van der Waals surface area contributed by atoms with E-state index in [1.807, 2.05) is 0 Å². The Kier molecular flexibility index (Phi) is 3.53. The van der Waals surface area contributed by atoms with Gasteiger partial charge >= 0.3 is 0 Å². The Labute approximate surface area is 99.7 Å². The molecule has 1 aromatic rings. The summed E-state index contributed by atoms with van der Waals surface area (Å²) in [6.07, 6.45) is 3.27. The molecule has 0 amide bonds. The molecule has 1 saturated heterocycles. The first kappa shape index (κ1) is 11.8. The van der Waals surface area contributed by atoms with Gasteiger partial charge in [-0.3, -0.25) is 5.41 Å². The molecule has 2 heterocycles. The molecule has 3 N–H and O–H groups in total. The van der Waals surface area contributed by atoms with Crippen molar-refractivity contribution in [3.05, 3.63) is 17.6 Å². The summed E-state index contributed by atoms with van der Waals surface area (Å²) < 4.78 is 11.0. The fourth-order valence-corrected chi connectivity index (χ4v) is 1.68. The third-order valence-electron chi connectivity index (χ3n) is 2.61. The fraction of sp³-hybridized carbons (Fsp3) is 0.545. The van der Waals surface area contributed by atoms with E-state index in [2.05, 4.69) is 9.97 Å². The third kappa shape index (κ3) is 2.91. The highest BCUT2D eigenvalue weighted by atomic mass is 16.5. The first-order valence-corrected chi connectivity index (χ1v) is 5.59. The van der Waals surface area contributed by atoms with Gasteiger partial charge in [0.2, 0.25) is 5.88 Å². The number of nitrogens with zero attached hydrogens (tertiary/aromatic N) is 2. The molecule has 1 aliphatic rings. The Morgan fingerprint density at radius 2 is 2.24 bits per heavy atom. The number of hydrogen-bond donors (Lipinski definition) is 2. The summed E-state index contributed by atoms with van der Waals surface area (Å²) in [5, 5.41) is 7.46. The summed E-state index contributed by atoms with van der Waals surface area (Å²) in [7, 11) is 0. The standard InChI is InChI=1S/C11H16N4O2/c1-7-14-6-9(10(12)13)11(15-7)17-8-2-4-16-5-3-8/h6,8H,2-5H2,1H3,(H3,12,13). The molecular formula is C11H16N4O2. The van der Waals surface area contributed by atoms with Crippen molar-refractivity contribution in [2.45, 2.75) is 25.9 Å². The molecule has 2 rings (SSSR count). The maximum Gasteiger partial charge on any atom is 0.228 e. The lowest BCUT2D eigenvalue weighted by atomic mass is 10.1. The van der Waals surface area contributed by atoms with E-state index in [-0.39, 0.29) is 11.9 Å². The van der Waals surface area contributed by atoms with E-state index in [9.17, 15) is 0 Å². The lowest BCUT2D eigenvalue weighted by Gasteiger charge is -2.23. The molecule has 0 aliphatic carbocycles. The number of nitrogens with two attached hydrogens (primary N) is 1. The molecule has 0 atom stereocenters. The van der Waals surface area contributed by atoms with Gasteiger partial charge in [0.05, 0.1) is 18.8 Å². The van der Waals surface area contributed by atoms with Gasteiger partial charge in [0, 0.05) is 19.0 Å². The summed E-state index contributed by atoms with van der Waals surface area (Å²) in [4.78, 5) is 8.21. The fourth-order valence-electron chi connectivity index (χ4n) is 1.68. The molecule has 17 heavy (non-hydrogen) atoms. The first-order chi connectivity index (χ1) is 8.16. The number of rotatable bonds is 3. The minimum atomic E-state index is -0.0768. The van der Waals surface area contributed by atoms with Crippen LogP contribution in [0.4, 0.5) is 0 Å². The minimum Gasteiger partial charge on any atom is -0.474 e. The van der Waals surface area contributed by atoms with Crippen LogP contribution in [-0.4, -0.2) is 35.1 Å². The zero-order valence-electron chi connectivity index (χ0n) is 9.77. The van der Waals surface area contributed by atoms with E-state index in [4.69, 9.17) is 20.6 Å². The quantitative estimate of drug-likeness (QED) is 0.593. The molecule has 1 aliphatic heterocycles. The first-order valence-electron chi connectivity index (χ1n) is 5.59. The summed E-state index contributed by atoms with van der Waals surface area (Å²) in [5.74, 6) is 0.931. The van der Waals surface area contributed by atoms with Gasteiger partial charge in [-0.05, 0) is 6.92 Å². The highest BCUT2D eigenvalue weighted by molar-refractivity contribution is 5.96. The molecular weight excluding hydrogens is 220 g/mol. The van der Waals surface area contributed by atoms with E-state index in [1.54, 1.807) is 6.92 Å². The average molecular weight is 236 g/mol. The third-order valence-corrected chi connectivity index (χ3v) is 2.61. The number of aromatic nitrogens is 2. The minimum absolute atomic E-state index is 0.0768. The van der Waals surface area contributed by atoms with Gasteiger partial charge in [-0.2, -0.15) is 4.98 Å². The van der Waals surface area contributed by atoms with E-state index >= 15 is 0 Å². The van der Waals surface area contributed by atoms with Gasteiger partial charge in [0.1, 0.15) is 17.8 Å². The second-order valence-electron chi connectivity index (χ2n) is 3.98. The SMILES string of the molecule is Cc1ncc(C(=N)N)c(OC2CCOCC2)n1. The van der Waals surface area contributed by atoms with Crippen molar-refractivity contribution in [1.82, 2.24) is 9.97 Å². The molecule has 6 nitrogen and oxygen atoms in total. The molecule has 92 valence electrons. The second kappa shape index (κ2) is 5.09. The van der Waals surface area contributed by atoms with Gasteiger partial charge in [-0.15, -0.1) is 0 Å². The van der Waals surface area contributed by atoms with E-state index < -0.39 is 0 Å². The monoisotopic (exact) mass is 236 g/mol. The largest absolute Gasteiger partial charge is 0.474 e. The van der Waals surface area contributed by atoms with Gasteiger partial charge in [0.25, 0.3) is 0 Å². The number of amidine groups is 1. The summed E-state index contributed by atoms with van der Waals surface area (Å²) >= 11 is 0. The molecule has 1 aromatic heterocycles. The smallest absolute Gasteiger partial charge is 0.228 e. The van der Waals surface area contributed by atoms with Crippen molar-refractivity contribution in [3.8, 4) is 5.88 Å². The average Bonchev–Trinajstić information content (AvgIpc) is 2.30. The molecule has 0 saturated carbocycles. The summed E-state index contributed by atoms with van der Waals surface area (Å²) in [5.41, 5.74) is 5.91. The van der Waals surface area contributed by atoms with Crippen LogP contribution >= 0.6 is 0 Å². The molecule has 6 heteroatoms. The Hall–Kier alpha value is -1.69. The predicted octanol–water partition coefficient (Wildman–Crippen LogP) is 0.627. The van der Waals surface area contributed by atoms with Crippen molar-refractivity contribution in [2.24, 2.45) is 5.73 Å². The lowest BCUT2D eigenvalue weighted by molar-refractivity contribution is 0.0235. The van der Waals surface area contributed by atoms with E-state index in [1.165, 1.54) is 6.20 Å². The van der Waals surface area contributed by atoms with Crippen LogP contribution in [0.1, 0.15) is 24.2 Å². The summed E-state index contributed by atoms with van der Waals surface area (Å²) in [6, 6.07) is 0. The van der Waals surface area contributed by atoms with Crippen LogP contribution in [0.5, 0.6) is 5.88 Å². The second-order valence-corrected chi connectivity index (χ2v) is 3.98. The number of aryl methyl sites for hydroxylation is 1. The normalized spacial score (nSPS) is 16.8. The number of nitrogens with one attached hydrogen (secondary N) is 1. The summed E-state index contributed by atoms with van der Waals surface area (Å²) in [6.45, 7) is 3.18. The van der Waals surface area contributed by atoms with Crippen molar-refractivity contribution in [1.29, 1.82) is 5.41 Å². The number of nitrogen functional groups attached to an aromatic ring is 1.